The summed E-state index contributed by atoms with van der Waals surface area (Å²) in [5.41, 5.74) is 4.61. The zero-order chi connectivity index (χ0) is 20.4. The zero-order valence-electron chi connectivity index (χ0n) is 16.8. The summed E-state index contributed by atoms with van der Waals surface area (Å²) in [6.45, 7) is 2.15. The molecule has 1 aromatic heterocycles. The lowest BCUT2D eigenvalue weighted by Crippen LogP contribution is -2.21. The molecule has 0 bridgehead atoms. The standard InChI is InChI=1S/C24H25ClN2O2/c1-3-4-10-19-24-21(13-17(14-22(24)28)16-8-6-5-7-9-16)27(26-19)20-15-18(25)11-12-23(20)29-2/h5-9,11-12,15,17H,3-4,10,13-14H2,1-2H3/t17-/m1/s1. The summed E-state index contributed by atoms with van der Waals surface area (Å²) in [5, 5.41) is 5.50. The van der Waals surface area contributed by atoms with Gasteiger partial charge in [0.2, 0.25) is 0 Å². The molecule has 0 fully saturated rings. The Morgan fingerprint density at radius 1 is 1.17 bits per heavy atom. The molecule has 0 radical (unpaired) electrons. The van der Waals surface area contributed by atoms with Crippen LogP contribution in [0.4, 0.5) is 0 Å². The quantitative estimate of drug-likeness (QED) is 0.518. The van der Waals surface area contributed by atoms with Crippen molar-refractivity contribution >= 4 is 17.4 Å². The van der Waals surface area contributed by atoms with Crippen LogP contribution in [0, 0.1) is 0 Å². The second kappa shape index (κ2) is 8.42. The van der Waals surface area contributed by atoms with E-state index in [0.29, 0.717) is 17.2 Å². The highest BCUT2D eigenvalue weighted by atomic mass is 35.5. The third-order valence-electron chi connectivity index (χ3n) is 5.61. The van der Waals surface area contributed by atoms with Gasteiger partial charge in [0, 0.05) is 11.4 Å². The smallest absolute Gasteiger partial charge is 0.167 e. The van der Waals surface area contributed by atoms with Crippen molar-refractivity contribution in [2.45, 2.75) is 44.9 Å². The fraction of sp³-hybridized carbons (Fsp3) is 0.333. The maximum absolute atomic E-state index is 13.2. The van der Waals surface area contributed by atoms with Crippen LogP contribution in [0.15, 0.2) is 48.5 Å². The van der Waals surface area contributed by atoms with Gasteiger partial charge in [0.15, 0.2) is 5.78 Å². The number of benzene rings is 2. The molecular formula is C24H25ClN2O2. The predicted molar refractivity (Wildman–Crippen MR) is 116 cm³/mol. The molecule has 0 saturated heterocycles. The van der Waals surface area contributed by atoms with E-state index in [1.54, 1.807) is 13.2 Å². The minimum atomic E-state index is 0.149. The third kappa shape index (κ3) is 3.82. The molecule has 150 valence electrons. The van der Waals surface area contributed by atoms with Gasteiger partial charge in [0.05, 0.1) is 24.1 Å². The van der Waals surface area contributed by atoms with Crippen molar-refractivity contribution in [3.05, 3.63) is 76.1 Å². The number of ketones is 1. The molecule has 29 heavy (non-hydrogen) atoms. The summed E-state index contributed by atoms with van der Waals surface area (Å²) >= 11 is 6.29. The number of nitrogens with zero attached hydrogens (tertiary/aromatic N) is 2. The number of aromatic nitrogens is 2. The van der Waals surface area contributed by atoms with Crippen LogP contribution in [0.1, 0.15) is 59.4 Å². The normalized spacial score (nSPS) is 16.0. The van der Waals surface area contributed by atoms with Gasteiger partial charge >= 0.3 is 0 Å². The van der Waals surface area contributed by atoms with E-state index >= 15 is 0 Å². The summed E-state index contributed by atoms with van der Waals surface area (Å²) in [7, 11) is 1.64. The Hall–Kier alpha value is -2.59. The van der Waals surface area contributed by atoms with Crippen LogP contribution in [0.5, 0.6) is 5.75 Å². The summed E-state index contributed by atoms with van der Waals surface area (Å²) in [6, 6.07) is 15.8. The molecule has 4 rings (SSSR count). The number of unbranched alkanes of at least 4 members (excludes halogenated alkanes) is 1. The Morgan fingerprint density at radius 2 is 1.97 bits per heavy atom. The SMILES string of the molecule is CCCCc1nn(-c2cc(Cl)ccc2OC)c2c1C(=O)C[C@H](c1ccccc1)C2. The number of aryl methyl sites for hydroxylation is 1. The summed E-state index contributed by atoms with van der Waals surface area (Å²) in [6.07, 6.45) is 4.15. The number of carbonyl (C=O) groups is 1. The average Bonchev–Trinajstić information content (AvgIpc) is 3.11. The number of hydrogen-bond acceptors (Lipinski definition) is 3. The molecule has 2 aromatic carbocycles. The first-order chi connectivity index (χ1) is 14.1. The predicted octanol–water partition coefficient (Wildman–Crippen LogP) is 5.79. The van der Waals surface area contributed by atoms with Crippen LogP contribution in [-0.4, -0.2) is 22.7 Å². The number of halogens is 1. The van der Waals surface area contributed by atoms with Gasteiger partial charge in [0.1, 0.15) is 11.4 Å². The van der Waals surface area contributed by atoms with Crippen LogP contribution >= 0.6 is 11.6 Å². The highest BCUT2D eigenvalue weighted by Crippen LogP contribution is 2.37. The van der Waals surface area contributed by atoms with E-state index < -0.39 is 0 Å². The molecule has 1 aliphatic rings. The number of hydrogen-bond donors (Lipinski definition) is 0. The first-order valence-electron chi connectivity index (χ1n) is 10.1. The van der Waals surface area contributed by atoms with E-state index in [1.807, 2.05) is 35.0 Å². The summed E-state index contributed by atoms with van der Waals surface area (Å²) in [5.74, 6) is 1.02. The van der Waals surface area contributed by atoms with Crippen molar-refractivity contribution in [2.24, 2.45) is 0 Å². The Kier molecular flexibility index (Phi) is 5.72. The van der Waals surface area contributed by atoms with E-state index in [4.69, 9.17) is 21.4 Å². The Balaban J connectivity index is 1.86. The molecule has 3 aromatic rings. The first kappa shape index (κ1) is 19.7. The number of Topliss-reactive ketones (excluding diaryl/α,β-unsaturated/α-hetero) is 1. The van der Waals surface area contributed by atoms with Gasteiger partial charge in [-0.15, -0.1) is 0 Å². The highest BCUT2D eigenvalue weighted by Gasteiger charge is 2.33. The third-order valence-corrected chi connectivity index (χ3v) is 5.85. The molecule has 0 spiro atoms. The van der Waals surface area contributed by atoms with Crippen LogP contribution in [0.2, 0.25) is 5.02 Å². The van der Waals surface area contributed by atoms with Gasteiger partial charge in [-0.2, -0.15) is 5.10 Å². The minimum Gasteiger partial charge on any atom is -0.494 e. The minimum absolute atomic E-state index is 0.149. The van der Waals surface area contributed by atoms with Crippen LogP contribution in [0.25, 0.3) is 5.69 Å². The Labute approximate surface area is 176 Å². The van der Waals surface area contributed by atoms with Crippen molar-refractivity contribution < 1.29 is 9.53 Å². The molecule has 0 aliphatic heterocycles. The fourth-order valence-electron chi connectivity index (χ4n) is 4.15. The van der Waals surface area contributed by atoms with Gasteiger partial charge in [-0.1, -0.05) is 55.3 Å². The number of rotatable bonds is 6. The monoisotopic (exact) mass is 408 g/mol. The van der Waals surface area contributed by atoms with Crippen molar-refractivity contribution in [1.82, 2.24) is 9.78 Å². The fourth-order valence-corrected chi connectivity index (χ4v) is 4.32. The van der Waals surface area contributed by atoms with Crippen LogP contribution in [-0.2, 0) is 12.8 Å². The van der Waals surface area contributed by atoms with Crippen molar-refractivity contribution in [3.8, 4) is 11.4 Å². The molecule has 0 unspecified atom stereocenters. The van der Waals surface area contributed by atoms with E-state index in [9.17, 15) is 4.79 Å². The van der Waals surface area contributed by atoms with Gasteiger partial charge in [-0.25, -0.2) is 4.68 Å². The molecule has 0 amide bonds. The number of fused-ring (bicyclic) bond motifs is 1. The molecule has 1 atom stereocenters. The number of carbonyl (C=O) groups excluding carboxylic acids is 1. The van der Waals surface area contributed by atoms with Gasteiger partial charge in [0.25, 0.3) is 0 Å². The van der Waals surface area contributed by atoms with E-state index in [0.717, 1.165) is 48.3 Å². The number of ether oxygens (including phenoxy) is 1. The van der Waals surface area contributed by atoms with E-state index in [2.05, 4.69) is 19.1 Å². The van der Waals surface area contributed by atoms with Crippen molar-refractivity contribution in [1.29, 1.82) is 0 Å². The second-order valence-corrected chi connectivity index (χ2v) is 7.98. The van der Waals surface area contributed by atoms with Crippen LogP contribution in [0.3, 0.4) is 0 Å². The van der Waals surface area contributed by atoms with Gasteiger partial charge in [-0.3, -0.25) is 4.79 Å². The molecule has 0 saturated carbocycles. The topological polar surface area (TPSA) is 44.1 Å². The lowest BCUT2D eigenvalue weighted by atomic mass is 9.81. The summed E-state index contributed by atoms with van der Waals surface area (Å²) < 4.78 is 7.46. The van der Waals surface area contributed by atoms with Crippen molar-refractivity contribution in [2.75, 3.05) is 7.11 Å². The van der Waals surface area contributed by atoms with Gasteiger partial charge in [-0.05, 0) is 48.9 Å². The first-order valence-corrected chi connectivity index (χ1v) is 10.5. The van der Waals surface area contributed by atoms with Crippen molar-refractivity contribution in [3.63, 3.8) is 0 Å². The molecular weight excluding hydrogens is 384 g/mol. The average molecular weight is 409 g/mol. The molecule has 1 aliphatic carbocycles. The maximum atomic E-state index is 13.2. The van der Waals surface area contributed by atoms with Crippen LogP contribution < -0.4 is 4.74 Å². The molecule has 1 heterocycles. The highest BCUT2D eigenvalue weighted by molar-refractivity contribution is 6.30. The zero-order valence-corrected chi connectivity index (χ0v) is 17.6. The molecule has 0 N–H and O–H groups in total. The maximum Gasteiger partial charge on any atom is 0.167 e. The Morgan fingerprint density at radius 3 is 2.69 bits per heavy atom. The second-order valence-electron chi connectivity index (χ2n) is 7.54. The lowest BCUT2D eigenvalue weighted by Gasteiger charge is -2.23. The summed E-state index contributed by atoms with van der Waals surface area (Å²) in [4.78, 5) is 13.2. The lowest BCUT2D eigenvalue weighted by molar-refractivity contribution is 0.0962. The Bertz CT molecular complexity index is 1030. The van der Waals surface area contributed by atoms with Gasteiger partial charge < -0.3 is 4.74 Å². The largest absolute Gasteiger partial charge is 0.494 e. The molecule has 5 heteroatoms. The van der Waals surface area contributed by atoms with E-state index in [-0.39, 0.29) is 11.7 Å². The number of methoxy groups -OCH3 is 1. The van der Waals surface area contributed by atoms with E-state index in [1.165, 1.54) is 5.56 Å². The molecule has 4 nitrogen and oxygen atoms in total.